The maximum atomic E-state index is 13.2. The van der Waals surface area contributed by atoms with Crippen LogP contribution in [0.5, 0.6) is 0 Å². The fraction of sp³-hybridized carbons (Fsp3) is 0.811. The van der Waals surface area contributed by atoms with Gasteiger partial charge in [0.15, 0.2) is 12.4 Å². The molecule has 0 amide bonds. The molecular formula is C37H58O13. The second-order valence-electron chi connectivity index (χ2n) is 14.6. The lowest BCUT2D eigenvalue weighted by Gasteiger charge is -2.51. The van der Waals surface area contributed by atoms with Gasteiger partial charge < -0.3 is 48.5 Å². The zero-order chi connectivity index (χ0) is 36.3. The lowest BCUT2D eigenvalue weighted by Crippen LogP contribution is -2.62. The van der Waals surface area contributed by atoms with Crippen molar-refractivity contribution < 1.29 is 62.9 Å². The third-order valence-electron chi connectivity index (χ3n) is 10.0. The lowest BCUT2D eigenvalue weighted by atomic mass is 9.74. The van der Waals surface area contributed by atoms with Gasteiger partial charge in [-0.1, -0.05) is 52.5 Å². The van der Waals surface area contributed by atoms with Crippen LogP contribution < -0.4 is 0 Å². The average Bonchev–Trinajstić information content (AvgIpc) is 3.51. The van der Waals surface area contributed by atoms with Crippen LogP contribution in [0, 0.1) is 5.41 Å². The van der Waals surface area contributed by atoms with Gasteiger partial charge in [-0.3, -0.25) is 9.59 Å². The van der Waals surface area contributed by atoms with Gasteiger partial charge >= 0.3 is 17.9 Å². The van der Waals surface area contributed by atoms with E-state index < -0.39 is 66.4 Å². The zero-order valence-corrected chi connectivity index (χ0v) is 30.1. The Morgan fingerprint density at radius 3 is 2.46 bits per heavy atom. The monoisotopic (exact) mass is 710 g/mol. The topological polar surface area (TPSA) is 177 Å². The van der Waals surface area contributed by atoms with E-state index in [-0.39, 0.29) is 56.0 Å². The average molecular weight is 711 g/mol. The minimum absolute atomic E-state index is 0.000953. The molecule has 0 saturated carbocycles. The predicted molar refractivity (Wildman–Crippen MR) is 179 cm³/mol. The Morgan fingerprint density at radius 2 is 1.74 bits per heavy atom. The molecule has 284 valence electrons. The van der Waals surface area contributed by atoms with E-state index >= 15 is 0 Å². The Kier molecular flexibility index (Phi) is 15.3. The minimum Gasteiger partial charge on any atom is -0.466 e. The van der Waals surface area contributed by atoms with Gasteiger partial charge in [0.05, 0.1) is 57.3 Å². The first kappa shape index (κ1) is 40.4. The summed E-state index contributed by atoms with van der Waals surface area (Å²) in [4.78, 5) is 38.8. The van der Waals surface area contributed by atoms with E-state index in [1.165, 1.54) is 13.2 Å². The molecule has 13 heteroatoms. The molecule has 4 aliphatic rings. The molecule has 13 nitrogen and oxygen atoms in total. The second-order valence-corrected chi connectivity index (χ2v) is 14.6. The number of rotatable bonds is 9. The number of carbonyl (C=O) groups is 3. The van der Waals surface area contributed by atoms with E-state index in [0.717, 1.165) is 44.9 Å². The predicted octanol–water partition coefficient (Wildman–Crippen LogP) is 3.94. The highest BCUT2D eigenvalue weighted by Crippen LogP contribution is 2.47. The SMILES string of the molecule is CCCCCCCC(=O)O[C@H]1/C(=C/C(=O)OC)C[C@H]2C[C@H](CO)OC(=O)C[C@H](O)C[C@@H]3CCC[C@H](C[C@@H]4CO[C@H](/C=C/C(C)(C)[C@]1(O)O2)O4)O3. The molecule has 9 atom stereocenters. The summed E-state index contributed by atoms with van der Waals surface area (Å²) in [5.74, 6) is -4.22. The highest BCUT2D eigenvalue weighted by atomic mass is 16.7. The number of ether oxygens (including phenoxy) is 7. The van der Waals surface area contributed by atoms with Crippen molar-refractivity contribution in [2.45, 2.75) is 165 Å². The summed E-state index contributed by atoms with van der Waals surface area (Å²) in [5.41, 5.74) is -1.04. The molecule has 6 bridgehead atoms. The highest BCUT2D eigenvalue weighted by molar-refractivity contribution is 5.83. The lowest BCUT2D eigenvalue weighted by molar-refractivity contribution is -0.327. The molecular weight excluding hydrogens is 652 g/mol. The molecule has 50 heavy (non-hydrogen) atoms. The minimum atomic E-state index is -2.24. The van der Waals surface area contributed by atoms with Gasteiger partial charge in [-0.25, -0.2) is 4.79 Å². The molecule has 0 radical (unpaired) electrons. The van der Waals surface area contributed by atoms with E-state index in [4.69, 9.17) is 33.2 Å². The number of aliphatic hydroxyl groups is 3. The molecule has 0 unspecified atom stereocenters. The molecule has 4 rings (SSSR count). The summed E-state index contributed by atoms with van der Waals surface area (Å²) in [5, 5.41) is 33.5. The number of esters is 3. The van der Waals surface area contributed by atoms with Crippen molar-refractivity contribution in [2.24, 2.45) is 5.41 Å². The first-order chi connectivity index (χ1) is 23.8. The molecule has 0 aromatic carbocycles. The van der Waals surface area contributed by atoms with E-state index in [9.17, 15) is 29.7 Å². The van der Waals surface area contributed by atoms with Crippen molar-refractivity contribution in [1.82, 2.24) is 0 Å². The Bertz CT molecular complexity index is 1180. The van der Waals surface area contributed by atoms with Crippen LogP contribution in [0.2, 0.25) is 0 Å². The summed E-state index contributed by atoms with van der Waals surface area (Å²) in [6.45, 7) is 5.29. The number of cyclic esters (lactones) is 1. The van der Waals surface area contributed by atoms with Gasteiger partial charge in [-0.15, -0.1) is 0 Å². The number of aliphatic hydroxyl groups excluding tert-OH is 2. The molecule has 3 saturated heterocycles. The summed E-state index contributed by atoms with van der Waals surface area (Å²) in [6.07, 6.45) is 6.61. The van der Waals surface area contributed by atoms with Crippen LogP contribution in [0.1, 0.15) is 111 Å². The molecule has 0 aromatic heterocycles. The van der Waals surface area contributed by atoms with Crippen molar-refractivity contribution in [3.05, 3.63) is 23.8 Å². The van der Waals surface area contributed by atoms with Crippen molar-refractivity contribution in [3.8, 4) is 0 Å². The molecule has 3 fully saturated rings. The number of hydrogen-bond donors (Lipinski definition) is 3. The molecule has 0 aromatic rings. The number of hydrogen-bond acceptors (Lipinski definition) is 13. The number of fused-ring (bicyclic) bond motifs is 6. The van der Waals surface area contributed by atoms with Gasteiger partial charge in [0.2, 0.25) is 5.79 Å². The first-order valence-corrected chi connectivity index (χ1v) is 18.3. The van der Waals surface area contributed by atoms with Crippen molar-refractivity contribution in [2.75, 3.05) is 20.3 Å². The Hall–Kier alpha value is -2.39. The van der Waals surface area contributed by atoms with E-state index in [2.05, 4.69) is 6.92 Å². The second kappa shape index (κ2) is 18.9. The Morgan fingerprint density at radius 1 is 1.00 bits per heavy atom. The summed E-state index contributed by atoms with van der Waals surface area (Å²) >= 11 is 0. The van der Waals surface area contributed by atoms with Crippen LogP contribution >= 0.6 is 0 Å². The quantitative estimate of drug-likeness (QED) is 0.103. The van der Waals surface area contributed by atoms with Gasteiger partial charge in [0.1, 0.15) is 6.10 Å². The normalized spacial score (nSPS) is 36.6. The standard InChI is InChI=1S/C37H58O13/c1-5-6-7-8-9-13-31(40)49-35-24(17-32(41)44-4)16-28-21-29(22-38)47-33(42)19-25(39)18-26-11-10-12-27(46-26)20-30-23-45-34(48-30)14-15-36(2,3)37(35,43)50-28/h14-15,17,25-30,34-35,38-39,43H,5-13,16,18-23H2,1-4H3/b15-14+,24-17+/t25-,26+,27-,28+,29-,30-,34+,35+,37-/m1/s1. The molecule has 0 spiro atoms. The molecule has 0 aliphatic carbocycles. The van der Waals surface area contributed by atoms with Crippen molar-refractivity contribution in [3.63, 3.8) is 0 Å². The summed E-state index contributed by atoms with van der Waals surface area (Å²) in [7, 11) is 1.22. The number of carbonyl (C=O) groups excluding carboxylic acids is 3. The Labute approximate surface area is 295 Å². The summed E-state index contributed by atoms with van der Waals surface area (Å²) in [6, 6.07) is 0. The largest absolute Gasteiger partial charge is 0.466 e. The number of unbranched alkanes of at least 4 members (excludes halogenated alkanes) is 4. The molecule has 4 aliphatic heterocycles. The fourth-order valence-electron chi connectivity index (χ4n) is 7.18. The van der Waals surface area contributed by atoms with Crippen LogP contribution in [-0.4, -0.2) is 108 Å². The molecule has 3 N–H and O–H groups in total. The van der Waals surface area contributed by atoms with Crippen LogP contribution in [0.4, 0.5) is 0 Å². The van der Waals surface area contributed by atoms with Gasteiger partial charge in [-0.05, 0) is 43.8 Å². The summed E-state index contributed by atoms with van der Waals surface area (Å²) < 4.78 is 41.2. The number of methoxy groups -OCH3 is 1. The highest BCUT2D eigenvalue weighted by Gasteiger charge is 2.57. The van der Waals surface area contributed by atoms with E-state index in [0.29, 0.717) is 19.4 Å². The zero-order valence-electron chi connectivity index (χ0n) is 30.1. The maximum absolute atomic E-state index is 13.2. The molecule has 4 heterocycles. The third-order valence-corrected chi connectivity index (χ3v) is 10.0. The van der Waals surface area contributed by atoms with Crippen molar-refractivity contribution >= 4 is 17.9 Å². The first-order valence-electron chi connectivity index (χ1n) is 18.3. The van der Waals surface area contributed by atoms with Gasteiger partial charge in [0.25, 0.3) is 0 Å². The van der Waals surface area contributed by atoms with E-state index in [1.807, 2.05) is 0 Å². The van der Waals surface area contributed by atoms with Crippen LogP contribution in [0.3, 0.4) is 0 Å². The van der Waals surface area contributed by atoms with Crippen LogP contribution in [-0.2, 0) is 47.5 Å². The van der Waals surface area contributed by atoms with E-state index in [1.54, 1.807) is 26.0 Å². The Balaban J connectivity index is 1.66. The van der Waals surface area contributed by atoms with Gasteiger partial charge in [0, 0.05) is 37.2 Å². The fourth-order valence-corrected chi connectivity index (χ4v) is 7.18. The maximum Gasteiger partial charge on any atom is 0.330 e. The van der Waals surface area contributed by atoms with Crippen molar-refractivity contribution in [1.29, 1.82) is 0 Å². The van der Waals surface area contributed by atoms with Crippen LogP contribution in [0.25, 0.3) is 0 Å². The third kappa shape index (κ3) is 11.3. The van der Waals surface area contributed by atoms with Gasteiger partial charge in [-0.2, -0.15) is 0 Å². The van der Waals surface area contributed by atoms with Crippen LogP contribution in [0.15, 0.2) is 23.8 Å². The smallest absolute Gasteiger partial charge is 0.330 e.